The minimum Gasteiger partial charge on any atom is -0.370 e. The molecule has 1 amide bonds. The monoisotopic (exact) mass is 277 g/mol. The van der Waals surface area contributed by atoms with Crippen molar-refractivity contribution in [3.63, 3.8) is 0 Å². The maximum atomic E-state index is 12.1. The molecule has 1 rings (SSSR count). The fourth-order valence-corrected chi connectivity index (χ4v) is 2.06. The molecule has 4 nitrogen and oxygen atoms in total. The zero-order chi connectivity index (χ0) is 15.0. The molecule has 0 bridgehead atoms. The average molecular weight is 277 g/mol. The molecule has 112 valence electrons. The number of nitrogens with one attached hydrogen (secondary N) is 2. The van der Waals surface area contributed by atoms with E-state index in [0.717, 1.165) is 31.1 Å². The minimum atomic E-state index is -0.0244. The molecule has 1 atom stereocenters. The SMILES string of the molecule is CCNc1cc(C(=O)NC(C)CCCC(C)C)ccn1. The van der Waals surface area contributed by atoms with Gasteiger partial charge in [-0.15, -0.1) is 0 Å². The van der Waals surface area contributed by atoms with Gasteiger partial charge in [0.25, 0.3) is 5.91 Å². The summed E-state index contributed by atoms with van der Waals surface area (Å²) in [4.78, 5) is 16.3. The molecule has 0 radical (unpaired) electrons. The van der Waals surface area contributed by atoms with Crippen LogP contribution in [0.4, 0.5) is 5.82 Å². The van der Waals surface area contributed by atoms with Crippen molar-refractivity contribution in [1.29, 1.82) is 0 Å². The van der Waals surface area contributed by atoms with E-state index in [2.05, 4.69) is 36.4 Å². The van der Waals surface area contributed by atoms with Crippen LogP contribution in [0, 0.1) is 5.92 Å². The molecule has 0 aliphatic heterocycles. The predicted octanol–water partition coefficient (Wildman–Crippen LogP) is 3.46. The number of carbonyl (C=O) groups is 1. The highest BCUT2D eigenvalue weighted by molar-refractivity contribution is 5.94. The van der Waals surface area contributed by atoms with Crippen molar-refractivity contribution in [3.8, 4) is 0 Å². The van der Waals surface area contributed by atoms with Crippen molar-refractivity contribution in [3.05, 3.63) is 23.9 Å². The first-order chi connectivity index (χ1) is 9.52. The van der Waals surface area contributed by atoms with E-state index in [1.165, 1.54) is 6.42 Å². The molecule has 0 saturated carbocycles. The van der Waals surface area contributed by atoms with E-state index in [-0.39, 0.29) is 11.9 Å². The number of rotatable bonds is 8. The van der Waals surface area contributed by atoms with E-state index < -0.39 is 0 Å². The summed E-state index contributed by atoms with van der Waals surface area (Å²) in [5.74, 6) is 1.44. The first-order valence-corrected chi connectivity index (χ1v) is 7.53. The van der Waals surface area contributed by atoms with Gasteiger partial charge in [0, 0.05) is 24.3 Å². The number of carbonyl (C=O) groups excluding carboxylic acids is 1. The molecule has 1 aromatic rings. The van der Waals surface area contributed by atoms with E-state index in [1.54, 1.807) is 18.3 Å². The summed E-state index contributed by atoms with van der Waals surface area (Å²) < 4.78 is 0. The van der Waals surface area contributed by atoms with Gasteiger partial charge in [-0.2, -0.15) is 0 Å². The lowest BCUT2D eigenvalue weighted by atomic mass is 10.0. The Morgan fingerprint density at radius 3 is 2.70 bits per heavy atom. The van der Waals surface area contributed by atoms with Crippen LogP contribution >= 0.6 is 0 Å². The van der Waals surface area contributed by atoms with E-state index in [4.69, 9.17) is 0 Å². The van der Waals surface area contributed by atoms with Crippen LogP contribution in [-0.2, 0) is 0 Å². The number of hydrogen-bond donors (Lipinski definition) is 2. The maximum absolute atomic E-state index is 12.1. The van der Waals surface area contributed by atoms with Crippen molar-refractivity contribution in [1.82, 2.24) is 10.3 Å². The summed E-state index contributed by atoms with van der Waals surface area (Å²) in [6.07, 6.45) is 5.05. The Morgan fingerprint density at radius 1 is 1.30 bits per heavy atom. The van der Waals surface area contributed by atoms with E-state index in [9.17, 15) is 4.79 Å². The van der Waals surface area contributed by atoms with Gasteiger partial charge in [-0.25, -0.2) is 4.98 Å². The predicted molar refractivity (Wildman–Crippen MR) is 84.0 cm³/mol. The smallest absolute Gasteiger partial charge is 0.251 e. The third kappa shape index (κ3) is 6.04. The Hall–Kier alpha value is -1.58. The normalized spacial score (nSPS) is 12.2. The summed E-state index contributed by atoms with van der Waals surface area (Å²) in [5, 5.41) is 6.16. The second-order valence-electron chi connectivity index (χ2n) is 5.66. The van der Waals surface area contributed by atoms with Gasteiger partial charge in [-0.1, -0.05) is 26.7 Å². The van der Waals surface area contributed by atoms with Gasteiger partial charge < -0.3 is 10.6 Å². The van der Waals surface area contributed by atoms with Gasteiger partial charge >= 0.3 is 0 Å². The summed E-state index contributed by atoms with van der Waals surface area (Å²) in [6.45, 7) is 9.31. The van der Waals surface area contributed by atoms with E-state index in [0.29, 0.717) is 5.56 Å². The molecule has 0 aliphatic carbocycles. The molecule has 0 aromatic carbocycles. The molecule has 1 unspecified atom stereocenters. The first-order valence-electron chi connectivity index (χ1n) is 7.53. The number of nitrogens with zero attached hydrogens (tertiary/aromatic N) is 1. The molecule has 20 heavy (non-hydrogen) atoms. The highest BCUT2D eigenvalue weighted by atomic mass is 16.1. The van der Waals surface area contributed by atoms with Crippen molar-refractivity contribution >= 4 is 11.7 Å². The standard InChI is InChI=1S/C16H27N3O/c1-5-17-15-11-14(9-10-18-15)16(20)19-13(4)8-6-7-12(2)3/h9-13H,5-8H2,1-4H3,(H,17,18)(H,19,20). The molecule has 0 fully saturated rings. The van der Waals surface area contributed by atoms with Gasteiger partial charge in [0.2, 0.25) is 0 Å². The molecule has 0 spiro atoms. The van der Waals surface area contributed by atoms with Crippen LogP contribution in [0.3, 0.4) is 0 Å². The van der Waals surface area contributed by atoms with E-state index >= 15 is 0 Å². The van der Waals surface area contributed by atoms with Crippen LogP contribution in [0.15, 0.2) is 18.3 Å². The van der Waals surface area contributed by atoms with Crippen LogP contribution in [-0.4, -0.2) is 23.5 Å². The lowest BCUT2D eigenvalue weighted by Gasteiger charge is -2.15. The lowest BCUT2D eigenvalue weighted by Crippen LogP contribution is -2.32. The highest BCUT2D eigenvalue weighted by Gasteiger charge is 2.10. The Balaban J connectivity index is 2.47. The third-order valence-electron chi connectivity index (χ3n) is 3.18. The lowest BCUT2D eigenvalue weighted by molar-refractivity contribution is 0.0937. The Bertz CT molecular complexity index is 418. The highest BCUT2D eigenvalue weighted by Crippen LogP contribution is 2.10. The maximum Gasteiger partial charge on any atom is 0.251 e. The van der Waals surface area contributed by atoms with Crippen LogP contribution in [0.5, 0.6) is 0 Å². The fraction of sp³-hybridized carbons (Fsp3) is 0.625. The van der Waals surface area contributed by atoms with Crippen molar-refractivity contribution in [2.45, 2.75) is 53.0 Å². The summed E-state index contributed by atoms with van der Waals surface area (Å²) in [5.41, 5.74) is 0.659. The Morgan fingerprint density at radius 2 is 2.05 bits per heavy atom. The molecular weight excluding hydrogens is 250 g/mol. The number of aromatic nitrogens is 1. The minimum absolute atomic E-state index is 0.0244. The van der Waals surface area contributed by atoms with Crippen LogP contribution < -0.4 is 10.6 Å². The van der Waals surface area contributed by atoms with E-state index in [1.807, 2.05) is 6.92 Å². The Kier molecular flexibility index (Phi) is 7.05. The number of pyridine rings is 1. The third-order valence-corrected chi connectivity index (χ3v) is 3.18. The second kappa shape index (κ2) is 8.56. The van der Waals surface area contributed by atoms with Gasteiger partial charge in [-0.05, 0) is 38.3 Å². The van der Waals surface area contributed by atoms with Crippen LogP contribution in [0.2, 0.25) is 0 Å². The number of anilines is 1. The van der Waals surface area contributed by atoms with Crippen molar-refractivity contribution in [2.24, 2.45) is 5.92 Å². The zero-order valence-corrected chi connectivity index (χ0v) is 13.1. The fourth-order valence-electron chi connectivity index (χ4n) is 2.06. The quantitative estimate of drug-likeness (QED) is 0.765. The van der Waals surface area contributed by atoms with Gasteiger partial charge in [0.1, 0.15) is 5.82 Å². The number of amides is 1. The molecule has 1 aromatic heterocycles. The zero-order valence-electron chi connectivity index (χ0n) is 13.1. The van der Waals surface area contributed by atoms with Crippen LogP contribution in [0.25, 0.3) is 0 Å². The summed E-state index contributed by atoms with van der Waals surface area (Å²) >= 11 is 0. The Labute approximate surface area is 122 Å². The second-order valence-corrected chi connectivity index (χ2v) is 5.66. The molecule has 0 aliphatic rings. The largest absolute Gasteiger partial charge is 0.370 e. The molecule has 1 heterocycles. The number of hydrogen-bond acceptors (Lipinski definition) is 3. The summed E-state index contributed by atoms with van der Waals surface area (Å²) in [6, 6.07) is 3.74. The van der Waals surface area contributed by atoms with Crippen molar-refractivity contribution in [2.75, 3.05) is 11.9 Å². The van der Waals surface area contributed by atoms with Gasteiger partial charge in [0.05, 0.1) is 0 Å². The summed E-state index contributed by atoms with van der Waals surface area (Å²) in [7, 11) is 0. The molecule has 2 N–H and O–H groups in total. The van der Waals surface area contributed by atoms with Gasteiger partial charge in [-0.3, -0.25) is 4.79 Å². The topological polar surface area (TPSA) is 54.0 Å². The molecular formula is C16H27N3O. The molecule has 4 heteroatoms. The average Bonchev–Trinajstić information content (AvgIpc) is 2.39. The first kappa shape index (κ1) is 16.5. The van der Waals surface area contributed by atoms with Gasteiger partial charge in [0.15, 0.2) is 0 Å². The van der Waals surface area contributed by atoms with Crippen molar-refractivity contribution < 1.29 is 4.79 Å². The molecule has 0 saturated heterocycles. The van der Waals surface area contributed by atoms with Crippen LogP contribution in [0.1, 0.15) is 57.3 Å².